The number of rotatable bonds is 8. The first-order chi connectivity index (χ1) is 13.6. The van der Waals surface area contributed by atoms with Crippen molar-refractivity contribution < 1.29 is 22.7 Å². The van der Waals surface area contributed by atoms with E-state index in [2.05, 4.69) is 15.0 Å². The molecular formula is C19H22ClN3O5S. The first-order valence-corrected chi connectivity index (χ1v) is 10.6. The molecule has 0 spiro atoms. The zero-order valence-electron chi connectivity index (χ0n) is 16.2. The van der Waals surface area contributed by atoms with Gasteiger partial charge in [0.15, 0.2) is 6.10 Å². The Hall–Kier alpha value is -2.49. The smallest absolute Gasteiger partial charge is 0.307 e. The molecule has 1 atom stereocenters. The molecule has 0 bridgehead atoms. The van der Waals surface area contributed by atoms with E-state index in [1.807, 2.05) is 13.8 Å². The topological polar surface area (TPSA) is 114 Å². The molecule has 2 aromatic rings. The van der Waals surface area contributed by atoms with E-state index in [4.69, 9.17) is 16.3 Å². The van der Waals surface area contributed by atoms with Crippen LogP contribution in [0.15, 0.2) is 41.4 Å². The summed E-state index contributed by atoms with van der Waals surface area (Å²) in [7, 11) is -3.74. The van der Waals surface area contributed by atoms with E-state index < -0.39 is 28.0 Å². The molecule has 1 unspecified atom stereocenters. The number of halogens is 1. The van der Waals surface area contributed by atoms with E-state index in [1.165, 1.54) is 25.3 Å². The Morgan fingerprint density at radius 2 is 1.90 bits per heavy atom. The van der Waals surface area contributed by atoms with Gasteiger partial charge in [-0.25, -0.2) is 18.1 Å². The van der Waals surface area contributed by atoms with Gasteiger partial charge in [-0.2, -0.15) is 0 Å². The first kappa shape index (κ1) is 22.8. The number of nitrogens with one attached hydrogen (secondary N) is 2. The number of anilines is 1. The van der Waals surface area contributed by atoms with Gasteiger partial charge in [-0.3, -0.25) is 9.59 Å². The van der Waals surface area contributed by atoms with E-state index in [-0.39, 0.29) is 23.7 Å². The molecule has 0 aliphatic carbocycles. The van der Waals surface area contributed by atoms with Crippen LogP contribution < -0.4 is 10.0 Å². The highest BCUT2D eigenvalue weighted by atomic mass is 35.5. The van der Waals surface area contributed by atoms with Gasteiger partial charge in [-0.1, -0.05) is 17.7 Å². The van der Waals surface area contributed by atoms with E-state index in [0.717, 1.165) is 11.1 Å². The number of benzene rings is 1. The monoisotopic (exact) mass is 439 g/mol. The molecule has 0 saturated heterocycles. The van der Waals surface area contributed by atoms with E-state index in [0.29, 0.717) is 5.02 Å². The molecule has 1 aromatic carbocycles. The zero-order valence-corrected chi connectivity index (χ0v) is 17.8. The number of amides is 1. The Kier molecular flexibility index (Phi) is 7.72. The van der Waals surface area contributed by atoms with Gasteiger partial charge in [0.1, 0.15) is 5.82 Å². The number of carbonyl (C=O) groups excluding carboxylic acids is 2. The van der Waals surface area contributed by atoms with Crippen LogP contribution in [0.25, 0.3) is 0 Å². The number of aryl methyl sites for hydroxylation is 2. The molecule has 10 heteroatoms. The van der Waals surface area contributed by atoms with E-state index >= 15 is 0 Å². The number of hydrogen-bond acceptors (Lipinski definition) is 6. The summed E-state index contributed by atoms with van der Waals surface area (Å²) in [5.74, 6) is -1.01. The second-order valence-electron chi connectivity index (χ2n) is 6.38. The average Bonchev–Trinajstić information content (AvgIpc) is 2.65. The lowest BCUT2D eigenvalue weighted by atomic mass is 10.1. The minimum atomic E-state index is -3.74. The highest BCUT2D eigenvalue weighted by Crippen LogP contribution is 2.14. The predicted octanol–water partition coefficient (Wildman–Crippen LogP) is 2.59. The lowest BCUT2D eigenvalue weighted by Crippen LogP contribution is -2.32. The fourth-order valence-electron chi connectivity index (χ4n) is 2.24. The van der Waals surface area contributed by atoms with Gasteiger partial charge in [0.25, 0.3) is 5.91 Å². The molecule has 29 heavy (non-hydrogen) atoms. The van der Waals surface area contributed by atoms with Crippen molar-refractivity contribution >= 4 is 39.3 Å². The summed E-state index contributed by atoms with van der Waals surface area (Å²) in [6, 6.07) is 7.85. The first-order valence-electron chi connectivity index (χ1n) is 8.77. The summed E-state index contributed by atoms with van der Waals surface area (Å²) in [4.78, 5) is 28.0. The Bertz CT molecular complexity index is 993. The maximum absolute atomic E-state index is 12.3. The maximum atomic E-state index is 12.3. The van der Waals surface area contributed by atoms with Gasteiger partial charge in [0, 0.05) is 12.7 Å². The third kappa shape index (κ3) is 6.81. The van der Waals surface area contributed by atoms with Crippen LogP contribution in [0.5, 0.6) is 0 Å². The van der Waals surface area contributed by atoms with E-state index in [1.54, 1.807) is 18.2 Å². The number of carbonyl (C=O) groups is 2. The Morgan fingerprint density at radius 1 is 1.17 bits per heavy atom. The molecule has 1 aromatic heterocycles. The van der Waals surface area contributed by atoms with Crippen molar-refractivity contribution in [1.29, 1.82) is 0 Å². The lowest BCUT2D eigenvalue weighted by Gasteiger charge is -2.13. The molecule has 0 radical (unpaired) electrons. The Balaban J connectivity index is 1.81. The van der Waals surface area contributed by atoms with Crippen LogP contribution in [0.1, 0.15) is 24.5 Å². The van der Waals surface area contributed by atoms with Crippen LogP contribution in [0.2, 0.25) is 5.02 Å². The Labute approximate surface area is 174 Å². The number of pyridine rings is 1. The normalized spacial score (nSPS) is 12.3. The van der Waals surface area contributed by atoms with Gasteiger partial charge in [0.2, 0.25) is 10.0 Å². The van der Waals surface area contributed by atoms with Gasteiger partial charge in [-0.05, 0) is 56.2 Å². The quantitative estimate of drug-likeness (QED) is 0.611. The zero-order chi connectivity index (χ0) is 21.6. The summed E-state index contributed by atoms with van der Waals surface area (Å²) < 4.78 is 32.0. The number of ether oxygens (including phenoxy) is 1. The number of esters is 1. The predicted molar refractivity (Wildman–Crippen MR) is 109 cm³/mol. The van der Waals surface area contributed by atoms with Crippen molar-refractivity contribution in [3.8, 4) is 0 Å². The molecule has 0 saturated carbocycles. The molecule has 2 N–H and O–H groups in total. The summed E-state index contributed by atoms with van der Waals surface area (Å²) in [5, 5.41) is 2.91. The van der Waals surface area contributed by atoms with Crippen LogP contribution in [0.4, 0.5) is 5.82 Å². The number of hydrogen-bond donors (Lipinski definition) is 2. The molecule has 0 fully saturated rings. The minimum absolute atomic E-state index is 0.122. The van der Waals surface area contributed by atoms with Crippen molar-refractivity contribution in [3.05, 3.63) is 52.7 Å². The third-order valence-electron chi connectivity index (χ3n) is 4.07. The van der Waals surface area contributed by atoms with Gasteiger partial charge in [-0.15, -0.1) is 0 Å². The number of aromatic nitrogens is 1. The fourth-order valence-corrected chi connectivity index (χ4v) is 3.47. The third-order valence-corrected chi connectivity index (χ3v) is 5.75. The fraction of sp³-hybridized carbons (Fsp3) is 0.316. The van der Waals surface area contributed by atoms with Crippen molar-refractivity contribution in [1.82, 2.24) is 9.71 Å². The highest BCUT2D eigenvalue weighted by Gasteiger charge is 2.19. The SMILES string of the molecule is Cc1ccc(S(=O)(=O)NCCC(=O)OC(C)C(=O)Nc2ccc(Cl)cn2)cc1C. The van der Waals surface area contributed by atoms with Crippen LogP contribution in [0.3, 0.4) is 0 Å². The number of nitrogens with zero attached hydrogens (tertiary/aromatic N) is 1. The molecule has 2 rings (SSSR count). The van der Waals surface area contributed by atoms with Crippen molar-refractivity contribution in [3.63, 3.8) is 0 Å². The molecule has 1 amide bonds. The summed E-state index contributed by atoms with van der Waals surface area (Å²) >= 11 is 5.72. The molecule has 1 heterocycles. The van der Waals surface area contributed by atoms with Gasteiger partial charge >= 0.3 is 5.97 Å². The average molecular weight is 440 g/mol. The molecular weight excluding hydrogens is 418 g/mol. The molecule has 156 valence electrons. The minimum Gasteiger partial charge on any atom is -0.452 e. The molecule has 8 nitrogen and oxygen atoms in total. The summed E-state index contributed by atoms with van der Waals surface area (Å²) in [6.45, 7) is 4.96. The van der Waals surface area contributed by atoms with Gasteiger partial charge in [0.05, 0.1) is 16.3 Å². The van der Waals surface area contributed by atoms with Crippen LogP contribution in [-0.4, -0.2) is 37.9 Å². The van der Waals surface area contributed by atoms with Gasteiger partial charge < -0.3 is 10.1 Å². The van der Waals surface area contributed by atoms with Crippen LogP contribution >= 0.6 is 11.6 Å². The van der Waals surface area contributed by atoms with Crippen molar-refractivity contribution in [2.75, 3.05) is 11.9 Å². The molecule has 0 aliphatic rings. The lowest BCUT2D eigenvalue weighted by molar-refractivity contribution is -0.152. The van der Waals surface area contributed by atoms with E-state index in [9.17, 15) is 18.0 Å². The van der Waals surface area contributed by atoms with Crippen molar-refractivity contribution in [2.24, 2.45) is 0 Å². The highest BCUT2D eigenvalue weighted by molar-refractivity contribution is 7.89. The Morgan fingerprint density at radius 3 is 2.52 bits per heavy atom. The second-order valence-corrected chi connectivity index (χ2v) is 8.58. The van der Waals surface area contributed by atoms with Crippen LogP contribution in [0, 0.1) is 13.8 Å². The standard InChI is InChI=1S/C19H22ClN3O5S/c1-12-4-6-16(10-13(12)2)29(26,27)22-9-8-18(24)28-14(3)19(25)23-17-7-5-15(20)11-21-17/h4-7,10-11,14,22H,8-9H2,1-3H3,(H,21,23,25). The summed E-state index contributed by atoms with van der Waals surface area (Å²) in [6.07, 6.45) is 0.0764. The number of sulfonamides is 1. The summed E-state index contributed by atoms with van der Waals surface area (Å²) in [5.41, 5.74) is 1.83. The second kappa shape index (κ2) is 9.82. The largest absolute Gasteiger partial charge is 0.452 e. The maximum Gasteiger partial charge on any atom is 0.307 e. The van der Waals surface area contributed by atoms with Crippen LogP contribution in [-0.2, 0) is 24.3 Å². The molecule has 0 aliphatic heterocycles. The van der Waals surface area contributed by atoms with Crippen molar-refractivity contribution in [2.45, 2.75) is 38.2 Å².